The highest BCUT2D eigenvalue weighted by molar-refractivity contribution is 5.80. The number of likely N-dealkylation sites (N-methyl/N-ethyl adjacent to an activating group) is 1. The minimum absolute atomic E-state index is 0.313. The summed E-state index contributed by atoms with van der Waals surface area (Å²) in [6, 6.07) is 0.534. The molecule has 0 bridgehead atoms. The Morgan fingerprint density at radius 1 is 1.43 bits per heavy atom. The van der Waals surface area contributed by atoms with Crippen molar-refractivity contribution in [2.75, 3.05) is 26.7 Å². The zero-order valence-electron chi connectivity index (χ0n) is 14.2. The molecule has 1 fully saturated rings. The summed E-state index contributed by atoms with van der Waals surface area (Å²) in [6.07, 6.45) is 0.883. The Bertz CT molecular complexity index is 376. The third-order valence-corrected chi connectivity index (χ3v) is 3.19. The number of nitrogens with one attached hydrogen (secondary N) is 2. The molecule has 6 heteroatoms. The minimum atomic E-state index is -0.465. The molecule has 2 atom stereocenters. The third kappa shape index (κ3) is 7.20. The van der Waals surface area contributed by atoms with E-state index in [9.17, 15) is 4.79 Å². The Hall–Kier alpha value is -1.46. The Balaban J connectivity index is 2.36. The van der Waals surface area contributed by atoms with E-state index in [0.717, 1.165) is 18.4 Å². The highest BCUT2D eigenvalue weighted by Gasteiger charge is 2.33. The first-order chi connectivity index (χ1) is 9.73. The second-order valence-corrected chi connectivity index (χ2v) is 6.63. The van der Waals surface area contributed by atoms with Crippen molar-refractivity contribution in [1.82, 2.24) is 15.5 Å². The van der Waals surface area contributed by atoms with Gasteiger partial charge in [0.15, 0.2) is 5.96 Å². The van der Waals surface area contributed by atoms with E-state index >= 15 is 0 Å². The fourth-order valence-electron chi connectivity index (χ4n) is 1.76. The standard InChI is InChI=1S/C15H30N4O2/c1-7-16-13(18-12-10-11(12)2)17-8-9-19(6)14(20)21-15(3,4)5/h11-12H,7-10H2,1-6H3,(H2,16,17,18). The monoisotopic (exact) mass is 298 g/mol. The summed E-state index contributed by atoms with van der Waals surface area (Å²) in [4.78, 5) is 17.9. The fraction of sp³-hybridized carbons (Fsp3) is 0.867. The molecule has 0 heterocycles. The van der Waals surface area contributed by atoms with Gasteiger partial charge in [0.2, 0.25) is 0 Å². The molecular formula is C15H30N4O2. The number of carbonyl (C=O) groups is 1. The van der Waals surface area contributed by atoms with Crippen LogP contribution in [0.5, 0.6) is 0 Å². The summed E-state index contributed by atoms with van der Waals surface area (Å²) in [5, 5.41) is 6.61. The molecule has 2 N–H and O–H groups in total. The molecule has 0 saturated heterocycles. The smallest absolute Gasteiger partial charge is 0.410 e. The third-order valence-electron chi connectivity index (χ3n) is 3.19. The van der Waals surface area contributed by atoms with Crippen LogP contribution < -0.4 is 10.6 Å². The average molecular weight is 298 g/mol. The summed E-state index contributed by atoms with van der Waals surface area (Å²) in [6.45, 7) is 11.8. The van der Waals surface area contributed by atoms with E-state index in [1.54, 1.807) is 11.9 Å². The summed E-state index contributed by atoms with van der Waals surface area (Å²) in [5.41, 5.74) is -0.465. The SMILES string of the molecule is CCNC(=NCCN(C)C(=O)OC(C)(C)C)NC1CC1C. The fourth-order valence-corrected chi connectivity index (χ4v) is 1.76. The van der Waals surface area contributed by atoms with E-state index in [4.69, 9.17) is 4.74 Å². The molecule has 0 spiro atoms. The first kappa shape index (κ1) is 17.6. The molecule has 0 aliphatic heterocycles. The highest BCUT2D eigenvalue weighted by Crippen LogP contribution is 2.28. The van der Waals surface area contributed by atoms with Gasteiger partial charge < -0.3 is 20.3 Å². The minimum Gasteiger partial charge on any atom is -0.444 e. The lowest BCUT2D eigenvalue weighted by Crippen LogP contribution is -2.40. The summed E-state index contributed by atoms with van der Waals surface area (Å²) >= 11 is 0. The molecule has 0 aromatic heterocycles. The van der Waals surface area contributed by atoms with Gasteiger partial charge in [0, 0.05) is 26.2 Å². The van der Waals surface area contributed by atoms with Gasteiger partial charge in [0.1, 0.15) is 5.60 Å². The predicted molar refractivity (Wildman–Crippen MR) is 85.5 cm³/mol. The molecule has 1 amide bonds. The van der Waals surface area contributed by atoms with Crippen LogP contribution in [0.25, 0.3) is 0 Å². The zero-order valence-corrected chi connectivity index (χ0v) is 14.2. The number of ether oxygens (including phenoxy) is 1. The van der Waals surface area contributed by atoms with E-state index in [2.05, 4.69) is 22.5 Å². The molecule has 2 unspecified atom stereocenters. The van der Waals surface area contributed by atoms with Crippen LogP contribution in [-0.2, 0) is 4.74 Å². The Kier molecular flexibility index (Phi) is 6.30. The van der Waals surface area contributed by atoms with Crippen LogP contribution in [0.2, 0.25) is 0 Å². The largest absolute Gasteiger partial charge is 0.444 e. The molecule has 1 rings (SSSR count). The first-order valence-corrected chi connectivity index (χ1v) is 7.72. The van der Waals surface area contributed by atoms with E-state index in [0.29, 0.717) is 19.1 Å². The number of carbonyl (C=O) groups excluding carboxylic acids is 1. The van der Waals surface area contributed by atoms with Gasteiger partial charge in [-0.15, -0.1) is 0 Å². The van der Waals surface area contributed by atoms with Crippen molar-refractivity contribution in [3.05, 3.63) is 0 Å². The zero-order chi connectivity index (χ0) is 16.0. The predicted octanol–water partition coefficient (Wildman–Crippen LogP) is 1.82. The van der Waals surface area contributed by atoms with Crippen molar-refractivity contribution in [3.8, 4) is 0 Å². The summed E-state index contributed by atoms with van der Waals surface area (Å²) in [7, 11) is 1.73. The lowest BCUT2D eigenvalue weighted by Gasteiger charge is -2.24. The highest BCUT2D eigenvalue weighted by atomic mass is 16.6. The lowest BCUT2D eigenvalue weighted by atomic mass is 10.2. The van der Waals surface area contributed by atoms with Crippen LogP contribution in [0.15, 0.2) is 4.99 Å². The van der Waals surface area contributed by atoms with Gasteiger partial charge in [0.05, 0.1) is 6.54 Å². The van der Waals surface area contributed by atoms with Crippen molar-refractivity contribution in [3.63, 3.8) is 0 Å². The molecule has 0 radical (unpaired) electrons. The first-order valence-electron chi connectivity index (χ1n) is 7.72. The normalized spacial score (nSPS) is 21.7. The summed E-state index contributed by atoms with van der Waals surface area (Å²) < 4.78 is 5.30. The molecule has 122 valence electrons. The van der Waals surface area contributed by atoms with Crippen molar-refractivity contribution in [2.45, 2.75) is 52.7 Å². The average Bonchev–Trinajstić information content (AvgIpc) is 3.02. The molecular weight excluding hydrogens is 268 g/mol. The van der Waals surface area contributed by atoms with Crippen LogP contribution in [0.3, 0.4) is 0 Å². The van der Waals surface area contributed by atoms with Gasteiger partial charge in [-0.05, 0) is 40.0 Å². The molecule has 1 aliphatic rings. The van der Waals surface area contributed by atoms with Gasteiger partial charge in [0.25, 0.3) is 0 Å². The second-order valence-electron chi connectivity index (χ2n) is 6.63. The molecule has 1 saturated carbocycles. The van der Waals surface area contributed by atoms with E-state index in [-0.39, 0.29) is 6.09 Å². The van der Waals surface area contributed by atoms with Gasteiger partial charge in [-0.1, -0.05) is 6.92 Å². The Morgan fingerprint density at radius 3 is 2.52 bits per heavy atom. The number of amides is 1. The number of hydrogen-bond acceptors (Lipinski definition) is 3. The number of hydrogen-bond donors (Lipinski definition) is 2. The van der Waals surface area contributed by atoms with Crippen molar-refractivity contribution in [2.24, 2.45) is 10.9 Å². The second kappa shape index (κ2) is 7.52. The van der Waals surface area contributed by atoms with Crippen LogP contribution in [0.4, 0.5) is 4.79 Å². The van der Waals surface area contributed by atoms with Gasteiger partial charge in [-0.25, -0.2) is 4.79 Å². The van der Waals surface area contributed by atoms with Crippen LogP contribution in [0, 0.1) is 5.92 Å². The van der Waals surface area contributed by atoms with Crippen LogP contribution in [0.1, 0.15) is 41.0 Å². The molecule has 1 aliphatic carbocycles. The van der Waals surface area contributed by atoms with E-state index in [1.807, 2.05) is 27.7 Å². The van der Waals surface area contributed by atoms with Crippen molar-refractivity contribution in [1.29, 1.82) is 0 Å². The maximum Gasteiger partial charge on any atom is 0.410 e. The number of guanidine groups is 1. The van der Waals surface area contributed by atoms with Crippen molar-refractivity contribution >= 4 is 12.1 Å². The van der Waals surface area contributed by atoms with E-state index < -0.39 is 5.60 Å². The van der Waals surface area contributed by atoms with Gasteiger partial charge >= 0.3 is 6.09 Å². The van der Waals surface area contributed by atoms with Gasteiger partial charge in [-0.2, -0.15) is 0 Å². The molecule has 0 aromatic rings. The van der Waals surface area contributed by atoms with Crippen LogP contribution in [-0.4, -0.2) is 55.3 Å². The molecule has 0 aromatic carbocycles. The molecule has 21 heavy (non-hydrogen) atoms. The van der Waals surface area contributed by atoms with Crippen LogP contribution >= 0.6 is 0 Å². The number of aliphatic imine (C=N–C) groups is 1. The number of nitrogens with zero attached hydrogens (tertiary/aromatic N) is 2. The van der Waals surface area contributed by atoms with Gasteiger partial charge in [-0.3, -0.25) is 4.99 Å². The lowest BCUT2D eigenvalue weighted by molar-refractivity contribution is 0.0304. The Labute approximate surface area is 128 Å². The Morgan fingerprint density at radius 2 is 2.05 bits per heavy atom. The topological polar surface area (TPSA) is 66.0 Å². The molecule has 6 nitrogen and oxygen atoms in total. The maximum atomic E-state index is 11.8. The maximum absolute atomic E-state index is 11.8. The van der Waals surface area contributed by atoms with Crippen molar-refractivity contribution < 1.29 is 9.53 Å². The summed E-state index contributed by atoms with van der Waals surface area (Å²) in [5.74, 6) is 1.54. The van der Waals surface area contributed by atoms with E-state index in [1.165, 1.54) is 6.42 Å². The quantitative estimate of drug-likeness (QED) is 0.600. The number of rotatable bonds is 5.